The molecule has 0 aliphatic heterocycles. The highest BCUT2D eigenvalue weighted by Gasteiger charge is 1.95. The standard InChI is InChI=1S/C11H22S2/c1-4-7-8-9-10-11(12-5-2)13-6-3/h10H,4-9H2,1-3H3. The predicted molar refractivity (Wildman–Crippen MR) is 68.5 cm³/mol. The number of allylic oxidation sites excluding steroid dienone is 1. The molecule has 0 spiro atoms. The molecule has 0 radical (unpaired) electrons. The van der Waals surface area contributed by atoms with Gasteiger partial charge in [-0.3, -0.25) is 0 Å². The van der Waals surface area contributed by atoms with E-state index in [9.17, 15) is 0 Å². The van der Waals surface area contributed by atoms with Crippen LogP contribution in [-0.2, 0) is 0 Å². The average Bonchev–Trinajstić information content (AvgIpc) is 2.13. The summed E-state index contributed by atoms with van der Waals surface area (Å²) < 4.78 is 1.53. The molecule has 0 nitrogen and oxygen atoms in total. The first-order valence-electron chi connectivity index (χ1n) is 5.30. The van der Waals surface area contributed by atoms with Crippen molar-refractivity contribution in [3.63, 3.8) is 0 Å². The molecule has 0 aromatic carbocycles. The van der Waals surface area contributed by atoms with Gasteiger partial charge >= 0.3 is 0 Å². The second-order valence-corrected chi connectivity index (χ2v) is 5.76. The summed E-state index contributed by atoms with van der Waals surface area (Å²) in [6, 6.07) is 0. The summed E-state index contributed by atoms with van der Waals surface area (Å²) in [4.78, 5) is 0. The van der Waals surface area contributed by atoms with E-state index in [1.807, 2.05) is 23.5 Å². The van der Waals surface area contributed by atoms with E-state index >= 15 is 0 Å². The Morgan fingerprint density at radius 1 is 1.00 bits per heavy atom. The Bertz CT molecular complexity index is 122. The topological polar surface area (TPSA) is 0 Å². The van der Waals surface area contributed by atoms with E-state index in [2.05, 4.69) is 26.8 Å². The number of hydrogen-bond donors (Lipinski definition) is 0. The molecule has 0 heterocycles. The van der Waals surface area contributed by atoms with E-state index in [1.165, 1.54) is 41.4 Å². The summed E-state index contributed by atoms with van der Waals surface area (Å²) in [5.41, 5.74) is 0. The van der Waals surface area contributed by atoms with Gasteiger partial charge in [-0.15, -0.1) is 23.5 Å². The average molecular weight is 218 g/mol. The lowest BCUT2D eigenvalue weighted by molar-refractivity contribution is 0.729. The van der Waals surface area contributed by atoms with Crippen LogP contribution in [0, 0.1) is 0 Å². The van der Waals surface area contributed by atoms with Gasteiger partial charge in [0.25, 0.3) is 0 Å². The minimum absolute atomic E-state index is 1.20. The van der Waals surface area contributed by atoms with Crippen molar-refractivity contribution in [1.82, 2.24) is 0 Å². The van der Waals surface area contributed by atoms with Crippen LogP contribution >= 0.6 is 23.5 Å². The lowest BCUT2D eigenvalue weighted by Gasteiger charge is -2.02. The molecule has 0 amide bonds. The molecule has 0 fully saturated rings. The van der Waals surface area contributed by atoms with Crippen molar-refractivity contribution in [2.24, 2.45) is 0 Å². The SMILES string of the molecule is CCCCCC=C(SCC)SCC. The Hall–Kier alpha value is 0.440. The highest BCUT2D eigenvalue weighted by atomic mass is 32.2. The minimum Gasteiger partial charge on any atom is -0.120 e. The maximum absolute atomic E-state index is 2.41. The largest absolute Gasteiger partial charge is 0.120 e. The second-order valence-electron chi connectivity index (χ2n) is 2.88. The summed E-state index contributed by atoms with van der Waals surface area (Å²) in [5, 5.41) is 0. The minimum atomic E-state index is 1.20. The molecule has 78 valence electrons. The first-order valence-corrected chi connectivity index (χ1v) is 7.28. The van der Waals surface area contributed by atoms with Crippen LogP contribution in [0.15, 0.2) is 10.3 Å². The Morgan fingerprint density at radius 3 is 2.08 bits per heavy atom. The molecule has 0 aromatic rings. The zero-order valence-electron chi connectivity index (χ0n) is 9.14. The summed E-state index contributed by atoms with van der Waals surface area (Å²) in [7, 11) is 0. The van der Waals surface area contributed by atoms with E-state index in [0.717, 1.165) is 0 Å². The Balaban J connectivity index is 3.61. The normalized spacial score (nSPS) is 10.1. The third kappa shape index (κ3) is 8.76. The van der Waals surface area contributed by atoms with E-state index in [-0.39, 0.29) is 0 Å². The molecule has 2 heteroatoms. The van der Waals surface area contributed by atoms with Crippen molar-refractivity contribution in [2.75, 3.05) is 11.5 Å². The van der Waals surface area contributed by atoms with Crippen molar-refractivity contribution in [3.05, 3.63) is 10.3 Å². The van der Waals surface area contributed by atoms with Gasteiger partial charge in [0.15, 0.2) is 0 Å². The molecule has 0 aliphatic rings. The monoisotopic (exact) mass is 218 g/mol. The third-order valence-corrected chi connectivity index (χ3v) is 3.88. The first-order chi connectivity index (χ1) is 6.35. The van der Waals surface area contributed by atoms with Crippen molar-refractivity contribution in [3.8, 4) is 0 Å². The van der Waals surface area contributed by atoms with Crippen LogP contribution in [0.25, 0.3) is 0 Å². The molecule has 0 aromatic heterocycles. The molecule has 0 unspecified atom stereocenters. The van der Waals surface area contributed by atoms with Crippen LogP contribution in [-0.4, -0.2) is 11.5 Å². The van der Waals surface area contributed by atoms with E-state index in [0.29, 0.717) is 0 Å². The summed E-state index contributed by atoms with van der Waals surface area (Å²) >= 11 is 3.97. The second kappa shape index (κ2) is 10.5. The lowest BCUT2D eigenvalue weighted by atomic mass is 10.2. The van der Waals surface area contributed by atoms with E-state index in [1.54, 1.807) is 0 Å². The fraction of sp³-hybridized carbons (Fsp3) is 0.818. The van der Waals surface area contributed by atoms with Gasteiger partial charge < -0.3 is 0 Å². The summed E-state index contributed by atoms with van der Waals surface area (Å²) in [5.74, 6) is 2.40. The van der Waals surface area contributed by atoms with Gasteiger partial charge in [0.1, 0.15) is 0 Å². The van der Waals surface area contributed by atoms with Crippen molar-refractivity contribution < 1.29 is 0 Å². The number of thioether (sulfide) groups is 2. The van der Waals surface area contributed by atoms with E-state index in [4.69, 9.17) is 0 Å². The van der Waals surface area contributed by atoms with Crippen LogP contribution in [0.2, 0.25) is 0 Å². The van der Waals surface area contributed by atoms with Crippen LogP contribution in [0.4, 0.5) is 0 Å². The maximum atomic E-state index is 2.41. The van der Waals surface area contributed by atoms with Crippen molar-refractivity contribution in [1.29, 1.82) is 0 Å². The zero-order chi connectivity index (χ0) is 9.94. The fourth-order valence-electron chi connectivity index (χ4n) is 1.06. The van der Waals surface area contributed by atoms with Crippen LogP contribution in [0.3, 0.4) is 0 Å². The molecule has 0 saturated heterocycles. The summed E-state index contributed by atoms with van der Waals surface area (Å²) in [6.45, 7) is 6.70. The van der Waals surface area contributed by atoms with Gasteiger partial charge in [-0.2, -0.15) is 0 Å². The van der Waals surface area contributed by atoms with Gasteiger partial charge in [-0.1, -0.05) is 39.7 Å². The van der Waals surface area contributed by atoms with Crippen molar-refractivity contribution in [2.45, 2.75) is 46.5 Å². The van der Waals surface area contributed by atoms with Gasteiger partial charge in [-0.25, -0.2) is 0 Å². The van der Waals surface area contributed by atoms with Crippen LogP contribution in [0.1, 0.15) is 46.5 Å². The molecule has 0 saturated carbocycles. The van der Waals surface area contributed by atoms with Crippen LogP contribution in [0.5, 0.6) is 0 Å². The molecule has 0 N–H and O–H groups in total. The first kappa shape index (κ1) is 13.4. The maximum Gasteiger partial charge on any atom is 0.0360 e. The molecule has 0 rings (SSSR count). The highest BCUT2D eigenvalue weighted by Crippen LogP contribution is 2.28. The number of hydrogen-bond acceptors (Lipinski definition) is 2. The molecule has 0 bridgehead atoms. The number of rotatable bonds is 8. The van der Waals surface area contributed by atoms with E-state index < -0.39 is 0 Å². The molecular formula is C11H22S2. The fourth-order valence-corrected chi connectivity index (χ4v) is 3.14. The summed E-state index contributed by atoms with van der Waals surface area (Å²) in [6.07, 6.45) is 7.73. The van der Waals surface area contributed by atoms with Gasteiger partial charge in [0.2, 0.25) is 0 Å². The molecular weight excluding hydrogens is 196 g/mol. The van der Waals surface area contributed by atoms with Crippen LogP contribution < -0.4 is 0 Å². The Kier molecular flexibility index (Phi) is 10.9. The number of unbranched alkanes of at least 4 members (excludes halogenated alkanes) is 3. The van der Waals surface area contributed by atoms with Gasteiger partial charge in [-0.05, 0) is 24.3 Å². The quantitative estimate of drug-likeness (QED) is 0.531. The predicted octanol–water partition coefficient (Wildman–Crippen LogP) is 4.91. The zero-order valence-corrected chi connectivity index (χ0v) is 10.8. The molecule has 0 aliphatic carbocycles. The van der Waals surface area contributed by atoms with Gasteiger partial charge in [0.05, 0.1) is 0 Å². The Labute approximate surface area is 91.9 Å². The Morgan fingerprint density at radius 2 is 1.62 bits per heavy atom. The smallest absolute Gasteiger partial charge is 0.0360 e. The highest BCUT2D eigenvalue weighted by molar-refractivity contribution is 8.22. The third-order valence-electron chi connectivity index (χ3n) is 1.69. The lowest BCUT2D eigenvalue weighted by Crippen LogP contribution is -1.77. The van der Waals surface area contributed by atoms with Crippen molar-refractivity contribution >= 4 is 23.5 Å². The van der Waals surface area contributed by atoms with Gasteiger partial charge in [0, 0.05) is 4.24 Å². The molecule has 13 heavy (non-hydrogen) atoms. The molecule has 0 atom stereocenters.